The third-order valence-electron chi connectivity index (χ3n) is 4.78. The van der Waals surface area contributed by atoms with Crippen molar-refractivity contribution in [3.8, 4) is 0 Å². The van der Waals surface area contributed by atoms with Gasteiger partial charge in [0.2, 0.25) is 5.91 Å². The molecule has 162 valence electrons. The van der Waals surface area contributed by atoms with Crippen molar-refractivity contribution in [2.75, 3.05) is 12.4 Å². The Balaban J connectivity index is 2.02. The van der Waals surface area contributed by atoms with Crippen LogP contribution in [0.3, 0.4) is 0 Å². The number of nitrogens with zero attached hydrogens (tertiary/aromatic N) is 1. The number of amides is 1. The number of ketones is 1. The Hall–Kier alpha value is -3.62. The summed E-state index contributed by atoms with van der Waals surface area (Å²) in [6.07, 6.45) is -4.11. The first-order chi connectivity index (χ1) is 14.5. The van der Waals surface area contributed by atoms with Gasteiger partial charge in [0.05, 0.1) is 23.8 Å². The van der Waals surface area contributed by atoms with Gasteiger partial charge in [-0.1, -0.05) is 23.8 Å². The van der Waals surface area contributed by atoms with Gasteiger partial charge in [0.1, 0.15) is 6.54 Å². The topological polar surface area (TPSA) is 77.4 Å². The first-order valence-corrected chi connectivity index (χ1v) is 9.21. The van der Waals surface area contributed by atoms with Gasteiger partial charge in [0, 0.05) is 17.3 Å². The number of aryl methyl sites for hydroxylation is 2. The van der Waals surface area contributed by atoms with Crippen molar-refractivity contribution in [2.45, 2.75) is 26.6 Å². The maximum Gasteiger partial charge on any atom is 0.454 e. The largest absolute Gasteiger partial charge is 0.465 e. The molecule has 3 rings (SSSR count). The lowest BCUT2D eigenvalue weighted by Crippen LogP contribution is -2.22. The molecule has 0 radical (unpaired) electrons. The van der Waals surface area contributed by atoms with Crippen LogP contribution in [0.5, 0.6) is 0 Å². The number of halogens is 3. The van der Waals surface area contributed by atoms with Crippen molar-refractivity contribution in [3.05, 3.63) is 64.8 Å². The van der Waals surface area contributed by atoms with Crippen LogP contribution in [-0.4, -0.2) is 35.5 Å². The number of alkyl halides is 3. The van der Waals surface area contributed by atoms with E-state index in [0.717, 1.165) is 17.3 Å². The van der Waals surface area contributed by atoms with E-state index < -0.39 is 29.4 Å². The number of anilines is 1. The summed E-state index contributed by atoms with van der Waals surface area (Å²) in [4.78, 5) is 36.3. The fraction of sp³-hybridized carbons (Fsp3) is 0.227. The summed E-state index contributed by atoms with van der Waals surface area (Å²) in [6.45, 7) is 3.36. The van der Waals surface area contributed by atoms with Gasteiger partial charge in [-0.2, -0.15) is 13.2 Å². The molecule has 6 nitrogen and oxygen atoms in total. The molecule has 1 amide bonds. The fourth-order valence-corrected chi connectivity index (χ4v) is 3.30. The summed E-state index contributed by atoms with van der Waals surface area (Å²) in [6, 6.07) is 9.21. The minimum atomic E-state index is -5.08. The van der Waals surface area contributed by atoms with Crippen LogP contribution < -0.4 is 5.32 Å². The average molecular weight is 432 g/mol. The van der Waals surface area contributed by atoms with Crippen molar-refractivity contribution in [1.29, 1.82) is 0 Å². The molecule has 0 aliphatic carbocycles. The van der Waals surface area contributed by atoms with Crippen molar-refractivity contribution < 1.29 is 32.3 Å². The zero-order valence-electron chi connectivity index (χ0n) is 17.0. The van der Waals surface area contributed by atoms with E-state index in [1.807, 2.05) is 26.0 Å². The Labute approximate surface area is 175 Å². The summed E-state index contributed by atoms with van der Waals surface area (Å²) in [7, 11) is 1.17. The lowest BCUT2D eigenvalue weighted by atomic mass is 10.1. The summed E-state index contributed by atoms with van der Waals surface area (Å²) in [5.74, 6) is -3.23. The zero-order chi connectivity index (χ0) is 22.9. The van der Waals surface area contributed by atoms with Crippen molar-refractivity contribution in [2.24, 2.45) is 0 Å². The van der Waals surface area contributed by atoms with Crippen molar-refractivity contribution in [1.82, 2.24) is 4.57 Å². The Morgan fingerprint density at radius 2 is 1.77 bits per heavy atom. The van der Waals surface area contributed by atoms with E-state index in [1.54, 1.807) is 6.07 Å². The maximum atomic E-state index is 13.0. The van der Waals surface area contributed by atoms with E-state index in [2.05, 4.69) is 10.1 Å². The molecule has 3 aromatic rings. The Morgan fingerprint density at radius 1 is 1.06 bits per heavy atom. The number of Topliss-reactive ketones (excluding diaryl/α,β-unsaturated/α-hetero) is 1. The molecule has 31 heavy (non-hydrogen) atoms. The molecule has 0 bridgehead atoms. The predicted molar refractivity (Wildman–Crippen MR) is 108 cm³/mol. The molecular weight excluding hydrogens is 413 g/mol. The highest BCUT2D eigenvalue weighted by molar-refractivity contribution is 6.11. The standard InChI is InChI=1S/C22H19F3N2O4/c1-12-4-7-17(13(2)8-12)26-19(28)11-27-10-16(20(29)22(23,24)25)15-6-5-14(9-18(15)27)21(30)31-3/h4-10H,11H2,1-3H3,(H,26,28). The van der Waals surface area contributed by atoms with Gasteiger partial charge in [-0.3, -0.25) is 9.59 Å². The van der Waals surface area contributed by atoms with E-state index in [9.17, 15) is 27.6 Å². The monoisotopic (exact) mass is 432 g/mol. The number of methoxy groups -OCH3 is 1. The van der Waals surface area contributed by atoms with Crippen LogP contribution in [0, 0.1) is 13.8 Å². The second-order valence-corrected chi connectivity index (χ2v) is 7.09. The highest BCUT2D eigenvalue weighted by Gasteiger charge is 2.41. The number of fused-ring (bicyclic) bond motifs is 1. The van der Waals surface area contributed by atoms with Gasteiger partial charge < -0.3 is 14.6 Å². The highest BCUT2D eigenvalue weighted by atomic mass is 19.4. The van der Waals surface area contributed by atoms with Crippen molar-refractivity contribution >= 4 is 34.3 Å². The third-order valence-corrected chi connectivity index (χ3v) is 4.78. The van der Waals surface area contributed by atoms with Gasteiger partial charge in [-0.05, 0) is 37.6 Å². The van der Waals surface area contributed by atoms with Crippen LogP contribution in [0.4, 0.5) is 18.9 Å². The number of aromatic nitrogens is 1. The molecule has 0 fully saturated rings. The lowest BCUT2D eigenvalue weighted by molar-refractivity contribution is -0.116. The molecule has 0 aliphatic rings. The van der Waals surface area contributed by atoms with E-state index in [1.165, 1.54) is 29.9 Å². The second kappa shape index (κ2) is 8.25. The number of hydrogen-bond donors (Lipinski definition) is 1. The number of carbonyl (C=O) groups is 3. The summed E-state index contributed by atoms with van der Waals surface area (Å²) in [5.41, 5.74) is 2.01. The molecule has 1 heterocycles. The minimum Gasteiger partial charge on any atom is -0.465 e. The minimum absolute atomic E-state index is 0.0192. The smallest absolute Gasteiger partial charge is 0.454 e. The van der Waals surface area contributed by atoms with Crippen molar-refractivity contribution in [3.63, 3.8) is 0 Å². The summed E-state index contributed by atoms with van der Waals surface area (Å²) >= 11 is 0. The van der Waals surface area contributed by atoms with Gasteiger partial charge >= 0.3 is 12.1 Å². The molecule has 1 N–H and O–H groups in total. The first kappa shape index (κ1) is 22.1. The number of nitrogens with one attached hydrogen (secondary N) is 1. The van der Waals surface area contributed by atoms with E-state index in [4.69, 9.17) is 0 Å². The molecular formula is C22H19F3N2O4. The Kier molecular flexibility index (Phi) is 5.88. The zero-order valence-corrected chi connectivity index (χ0v) is 17.0. The molecule has 0 spiro atoms. The lowest BCUT2D eigenvalue weighted by Gasteiger charge is -2.10. The van der Waals surface area contributed by atoms with Gasteiger partial charge in [-0.15, -0.1) is 0 Å². The molecule has 9 heteroatoms. The molecule has 0 aliphatic heterocycles. The molecule has 1 aromatic heterocycles. The van der Waals surface area contributed by atoms with Gasteiger partial charge in [0.15, 0.2) is 0 Å². The van der Waals surface area contributed by atoms with E-state index in [0.29, 0.717) is 5.69 Å². The summed E-state index contributed by atoms with van der Waals surface area (Å²) in [5, 5.41) is 2.69. The number of ether oxygens (including phenoxy) is 1. The predicted octanol–water partition coefficient (Wildman–Crippen LogP) is 4.43. The molecule has 0 unspecified atom stereocenters. The van der Waals surface area contributed by atoms with E-state index >= 15 is 0 Å². The van der Waals surface area contributed by atoms with Crippen LogP contribution >= 0.6 is 0 Å². The fourth-order valence-electron chi connectivity index (χ4n) is 3.30. The maximum absolute atomic E-state index is 13.0. The third kappa shape index (κ3) is 4.60. The molecule has 0 saturated heterocycles. The highest BCUT2D eigenvalue weighted by Crippen LogP contribution is 2.29. The van der Waals surface area contributed by atoms with Gasteiger partial charge in [-0.25, -0.2) is 4.79 Å². The van der Waals surface area contributed by atoms with Crippen LogP contribution in [0.1, 0.15) is 31.8 Å². The molecule has 0 atom stereocenters. The number of esters is 1. The normalized spacial score (nSPS) is 11.4. The van der Waals surface area contributed by atoms with Gasteiger partial charge in [0.25, 0.3) is 5.78 Å². The SMILES string of the molecule is COC(=O)c1ccc2c(C(=O)C(F)(F)F)cn(CC(=O)Nc3ccc(C)cc3C)c2c1. The number of hydrogen-bond acceptors (Lipinski definition) is 4. The quantitative estimate of drug-likeness (QED) is 0.478. The van der Waals surface area contributed by atoms with E-state index in [-0.39, 0.29) is 23.0 Å². The van der Waals surface area contributed by atoms with Crippen LogP contribution in [0.15, 0.2) is 42.6 Å². The molecule has 0 saturated carbocycles. The Bertz CT molecular complexity index is 1200. The van der Waals surface area contributed by atoms with Crippen LogP contribution in [0.25, 0.3) is 10.9 Å². The van der Waals surface area contributed by atoms with Crippen LogP contribution in [-0.2, 0) is 16.1 Å². The second-order valence-electron chi connectivity index (χ2n) is 7.09. The van der Waals surface area contributed by atoms with Crippen LogP contribution in [0.2, 0.25) is 0 Å². The average Bonchev–Trinajstić information content (AvgIpc) is 3.05. The first-order valence-electron chi connectivity index (χ1n) is 9.21. The molecule has 2 aromatic carbocycles. The summed E-state index contributed by atoms with van der Waals surface area (Å²) < 4.78 is 45.0. The Morgan fingerprint density at radius 3 is 2.39 bits per heavy atom. The number of benzene rings is 2. The number of rotatable bonds is 5. The number of carbonyl (C=O) groups excluding carboxylic acids is 3.